The topological polar surface area (TPSA) is 47.6 Å². The van der Waals surface area contributed by atoms with Crippen molar-refractivity contribution in [1.29, 1.82) is 0 Å². The molecule has 0 aliphatic rings. The zero-order chi connectivity index (χ0) is 8.69. The summed E-state index contributed by atoms with van der Waals surface area (Å²) < 4.78 is 5.29. The normalized spacial score (nSPS) is 12.9. The van der Waals surface area contributed by atoms with Crippen LogP contribution in [0, 0.1) is 0 Å². The van der Waals surface area contributed by atoms with Crippen molar-refractivity contribution in [3.8, 4) is 0 Å². The molecule has 0 aromatic rings. The number of aliphatic imine (C=N–C) groups is 1. The second-order valence-electron chi connectivity index (χ2n) is 2.36. The van der Waals surface area contributed by atoms with Gasteiger partial charge in [0.05, 0.1) is 12.3 Å². The van der Waals surface area contributed by atoms with Gasteiger partial charge in [-0.2, -0.15) is 0 Å². The highest BCUT2D eigenvalue weighted by molar-refractivity contribution is 5.75. The number of hydrogen-bond acceptors (Lipinski definition) is 3. The lowest BCUT2D eigenvalue weighted by Gasteiger charge is -2.08. The van der Waals surface area contributed by atoms with E-state index in [2.05, 4.69) is 4.99 Å². The Kier molecular flexibility index (Phi) is 5.25. The molecule has 0 atom stereocenters. The highest BCUT2D eigenvalue weighted by Gasteiger charge is 1.95. The SMILES string of the molecule is CC/N=C\C(=C/N)OC(C)C. The maximum absolute atomic E-state index is 5.29. The third-order valence-corrected chi connectivity index (χ3v) is 0.937. The van der Waals surface area contributed by atoms with Crippen LogP contribution in [-0.2, 0) is 4.74 Å². The van der Waals surface area contributed by atoms with Gasteiger partial charge in [-0.05, 0) is 20.8 Å². The van der Waals surface area contributed by atoms with Crippen molar-refractivity contribution < 1.29 is 4.74 Å². The molecule has 0 spiro atoms. The van der Waals surface area contributed by atoms with Gasteiger partial charge in [-0.25, -0.2) is 0 Å². The Morgan fingerprint density at radius 1 is 1.64 bits per heavy atom. The van der Waals surface area contributed by atoms with Crippen molar-refractivity contribution in [1.82, 2.24) is 0 Å². The predicted molar refractivity (Wildman–Crippen MR) is 47.5 cm³/mol. The Labute approximate surface area is 68.0 Å². The minimum absolute atomic E-state index is 0.146. The van der Waals surface area contributed by atoms with E-state index in [0.717, 1.165) is 6.54 Å². The van der Waals surface area contributed by atoms with Crippen LogP contribution in [0.1, 0.15) is 20.8 Å². The summed E-state index contributed by atoms with van der Waals surface area (Å²) in [7, 11) is 0. The van der Waals surface area contributed by atoms with E-state index in [9.17, 15) is 0 Å². The molecule has 0 rings (SSSR count). The molecular formula is C8H16N2O. The first-order valence-electron chi connectivity index (χ1n) is 3.79. The second-order valence-corrected chi connectivity index (χ2v) is 2.36. The van der Waals surface area contributed by atoms with Crippen LogP contribution in [-0.4, -0.2) is 18.9 Å². The van der Waals surface area contributed by atoms with Gasteiger partial charge < -0.3 is 10.5 Å². The van der Waals surface area contributed by atoms with Gasteiger partial charge in [0.1, 0.15) is 0 Å². The number of hydrogen-bond donors (Lipinski definition) is 1. The Bertz CT molecular complexity index is 150. The second kappa shape index (κ2) is 5.77. The molecule has 0 amide bonds. The monoisotopic (exact) mass is 156 g/mol. The molecule has 0 aliphatic carbocycles. The molecule has 64 valence electrons. The quantitative estimate of drug-likeness (QED) is 0.492. The fourth-order valence-corrected chi connectivity index (χ4v) is 0.566. The molecule has 3 nitrogen and oxygen atoms in total. The summed E-state index contributed by atoms with van der Waals surface area (Å²) in [6.07, 6.45) is 3.20. The standard InChI is InChI=1S/C8H16N2O/c1-4-10-6-8(5-9)11-7(2)3/h5-7H,4,9H2,1-3H3/b8-5+,10-6-. The molecule has 3 heteroatoms. The highest BCUT2D eigenvalue weighted by atomic mass is 16.5. The zero-order valence-electron chi connectivity index (χ0n) is 7.37. The summed E-state index contributed by atoms with van der Waals surface area (Å²) in [5.41, 5.74) is 5.28. The number of rotatable bonds is 4. The van der Waals surface area contributed by atoms with E-state index in [4.69, 9.17) is 10.5 Å². The van der Waals surface area contributed by atoms with Crippen LogP contribution in [0.25, 0.3) is 0 Å². The molecule has 0 radical (unpaired) electrons. The first-order valence-corrected chi connectivity index (χ1v) is 3.79. The lowest BCUT2D eigenvalue weighted by Crippen LogP contribution is -2.05. The summed E-state index contributed by atoms with van der Waals surface area (Å²) in [5, 5.41) is 0. The zero-order valence-corrected chi connectivity index (χ0v) is 7.37. The minimum atomic E-state index is 0.146. The fraction of sp³-hybridized carbons (Fsp3) is 0.625. The van der Waals surface area contributed by atoms with Gasteiger partial charge in [0, 0.05) is 12.7 Å². The Morgan fingerprint density at radius 3 is 2.64 bits per heavy atom. The fourth-order valence-electron chi connectivity index (χ4n) is 0.566. The summed E-state index contributed by atoms with van der Waals surface area (Å²) in [5.74, 6) is 0.627. The molecule has 0 saturated carbocycles. The molecule has 0 aliphatic heterocycles. The van der Waals surface area contributed by atoms with Gasteiger partial charge in [-0.3, -0.25) is 4.99 Å². The van der Waals surface area contributed by atoms with Crippen molar-refractivity contribution >= 4 is 6.21 Å². The van der Waals surface area contributed by atoms with Crippen molar-refractivity contribution in [2.75, 3.05) is 6.54 Å². The van der Waals surface area contributed by atoms with Crippen LogP contribution in [0.5, 0.6) is 0 Å². The van der Waals surface area contributed by atoms with E-state index in [0.29, 0.717) is 5.76 Å². The van der Waals surface area contributed by atoms with Crippen LogP contribution in [0.15, 0.2) is 17.0 Å². The maximum Gasteiger partial charge on any atom is 0.152 e. The van der Waals surface area contributed by atoms with E-state index in [1.807, 2.05) is 20.8 Å². The van der Waals surface area contributed by atoms with Crippen molar-refractivity contribution in [2.45, 2.75) is 26.9 Å². The molecule has 0 heterocycles. The molecule has 0 aromatic heterocycles. The highest BCUT2D eigenvalue weighted by Crippen LogP contribution is 1.97. The number of nitrogens with two attached hydrogens (primary N) is 1. The van der Waals surface area contributed by atoms with Crippen LogP contribution < -0.4 is 5.73 Å². The van der Waals surface area contributed by atoms with E-state index in [-0.39, 0.29) is 6.10 Å². The Hall–Kier alpha value is -0.990. The lowest BCUT2D eigenvalue weighted by molar-refractivity contribution is 0.164. The summed E-state index contributed by atoms with van der Waals surface area (Å²) in [6.45, 7) is 6.60. The van der Waals surface area contributed by atoms with Crippen molar-refractivity contribution in [2.24, 2.45) is 10.7 Å². The van der Waals surface area contributed by atoms with Crippen LogP contribution in [0.3, 0.4) is 0 Å². The van der Waals surface area contributed by atoms with E-state index >= 15 is 0 Å². The first kappa shape index (κ1) is 10.0. The van der Waals surface area contributed by atoms with E-state index < -0.39 is 0 Å². The van der Waals surface area contributed by atoms with E-state index in [1.54, 1.807) is 6.21 Å². The number of ether oxygens (including phenoxy) is 1. The predicted octanol–water partition coefficient (Wildman–Crippen LogP) is 1.30. The Morgan fingerprint density at radius 2 is 2.27 bits per heavy atom. The van der Waals surface area contributed by atoms with Gasteiger partial charge in [0.15, 0.2) is 5.76 Å². The summed E-state index contributed by atoms with van der Waals surface area (Å²) in [6, 6.07) is 0. The molecule has 0 fully saturated rings. The van der Waals surface area contributed by atoms with Gasteiger partial charge in [-0.1, -0.05) is 0 Å². The van der Waals surface area contributed by atoms with Crippen LogP contribution in [0.2, 0.25) is 0 Å². The van der Waals surface area contributed by atoms with Gasteiger partial charge in [0.25, 0.3) is 0 Å². The first-order chi connectivity index (χ1) is 5.20. The van der Waals surface area contributed by atoms with E-state index in [1.165, 1.54) is 6.20 Å². The third-order valence-electron chi connectivity index (χ3n) is 0.937. The maximum atomic E-state index is 5.29. The number of allylic oxidation sites excluding steroid dienone is 1. The summed E-state index contributed by atoms with van der Waals surface area (Å²) >= 11 is 0. The van der Waals surface area contributed by atoms with Crippen molar-refractivity contribution in [3.63, 3.8) is 0 Å². The molecule has 0 unspecified atom stereocenters. The Balaban J connectivity index is 3.88. The largest absolute Gasteiger partial charge is 0.488 e. The molecular weight excluding hydrogens is 140 g/mol. The molecule has 0 saturated heterocycles. The summed E-state index contributed by atoms with van der Waals surface area (Å²) in [4.78, 5) is 4.00. The van der Waals surface area contributed by atoms with Crippen LogP contribution >= 0.6 is 0 Å². The van der Waals surface area contributed by atoms with Crippen LogP contribution in [0.4, 0.5) is 0 Å². The van der Waals surface area contributed by atoms with Gasteiger partial charge in [-0.15, -0.1) is 0 Å². The molecule has 0 bridgehead atoms. The average molecular weight is 156 g/mol. The molecule has 0 aromatic carbocycles. The van der Waals surface area contributed by atoms with Crippen molar-refractivity contribution in [3.05, 3.63) is 12.0 Å². The van der Waals surface area contributed by atoms with Gasteiger partial charge in [0.2, 0.25) is 0 Å². The average Bonchev–Trinajstić information content (AvgIpc) is 1.97. The molecule has 2 N–H and O–H groups in total. The minimum Gasteiger partial charge on any atom is -0.488 e. The van der Waals surface area contributed by atoms with Gasteiger partial charge >= 0.3 is 0 Å². The number of nitrogens with zero attached hydrogens (tertiary/aromatic N) is 1. The lowest BCUT2D eigenvalue weighted by atomic mass is 10.4. The molecule has 11 heavy (non-hydrogen) atoms. The third kappa shape index (κ3) is 5.45. The smallest absolute Gasteiger partial charge is 0.152 e.